The first kappa shape index (κ1) is 15.8. The molecule has 1 N–H and O–H groups in total. The monoisotopic (exact) mass is 264 g/mol. The molecule has 16 heavy (non-hydrogen) atoms. The molecule has 0 aliphatic heterocycles. The molecule has 0 aliphatic carbocycles. The highest BCUT2D eigenvalue weighted by molar-refractivity contribution is 8.14. The highest BCUT2D eigenvalue weighted by Gasteiger charge is 2.11. The van der Waals surface area contributed by atoms with Crippen molar-refractivity contribution in [3.63, 3.8) is 0 Å². The Hall–Kier alpha value is -0.160. The van der Waals surface area contributed by atoms with Crippen LogP contribution in [0.25, 0.3) is 0 Å². The molecule has 0 amide bonds. The third-order valence-corrected chi connectivity index (χ3v) is 3.92. The molecule has 0 rings (SSSR count). The van der Waals surface area contributed by atoms with E-state index in [1.807, 2.05) is 0 Å². The zero-order chi connectivity index (χ0) is 12.4. The summed E-state index contributed by atoms with van der Waals surface area (Å²) < 4.78 is 0. The first-order valence-corrected chi connectivity index (χ1v) is 7.71. The largest absolute Gasteiger partial charge is 0.481 e. The fourth-order valence-corrected chi connectivity index (χ4v) is 3.05. The third-order valence-electron chi connectivity index (χ3n) is 2.14. The normalized spacial score (nSPS) is 12.4. The van der Waals surface area contributed by atoms with Crippen molar-refractivity contribution in [2.75, 3.05) is 12.0 Å². The van der Waals surface area contributed by atoms with Gasteiger partial charge < -0.3 is 5.11 Å². The van der Waals surface area contributed by atoms with E-state index < -0.39 is 5.97 Å². The standard InChI is InChI=1S/C11H20O3S2/c1-9(12)16-10(7-8-15-2)5-3-4-6-11(13)14/h10H,3-8H2,1-2H3,(H,13,14). The lowest BCUT2D eigenvalue weighted by Gasteiger charge is -2.13. The molecule has 0 aromatic heterocycles. The quantitative estimate of drug-likeness (QED) is 0.649. The van der Waals surface area contributed by atoms with Gasteiger partial charge in [0.2, 0.25) is 0 Å². The van der Waals surface area contributed by atoms with E-state index in [0.29, 0.717) is 11.7 Å². The van der Waals surface area contributed by atoms with Gasteiger partial charge in [0.05, 0.1) is 0 Å². The van der Waals surface area contributed by atoms with E-state index in [4.69, 9.17) is 5.11 Å². The topological polar surface area (TPSA) is 54.4 Å². The Morgan fingerprint density at radius 1 is 1.25 bits per heavy atom. The number of hydrogen-bond donors (Lipinski definition) is 1. The van der Waals surface area contributed by atoms with Gasteiger partial charge in [-0.25, -0.2) is 0 Å². The van der Waals surface area contributed by atoms with E-state index in [2.05, 4.69) is 6.26 Å². The van der Waals surface area contributed by atoms with Crippen molar-refractivity contribution in [3.8, 4) is 0 Å². The van der Waals surface area contributed by atoms with Gasteiger partial charge in [-0.3, -0.25) is 9.59 Å². The molecule has 94 valence electrons. The predicted molar refractivity (Wildman–Crippen MR) is 71.2 cm³/mol. The van der Waals surface area contributed by atoms with Crippen LogP contribution in [0.2, 0.25) is 0 Å². The molecule has 1 atom stereocenters. The van der Waals surface area contributed by atoms with E-state index >= 15 is 0 Å². The van der Waals surface area contributed by atoms with Crippen LogP contribution in [-0.4, -0.2) is 33.4 Å². The Labute approximate surface area is 106 Å². The maximum absolute atomic E-state index is 11.0. The van der Waals surface area contributed by atoms with Gasteiger partial charge in [-0.2, -0.15) is 11.8 Å². The first-order chi connectivity index (χ1) is 7.56. The van der Waals surface area contributed by atoms with Crippen molar-refractivity contribution in [2.45, 2.75) is 44.3 Å². The van der Waals surface area contributed by atoms with Gasteiger partial charge >= 0.3 is 5.97 Å². The number of thioether (sulfide) groups is 2. The van der Waals surface area contributed by atoms with Crippen LogP contribution in [0.4, 0.5) is 0 Å². The van der Waals surface area contributed by atoms with E-state index in [1.165, 1.54) is 11.8 Å². The van der Waals surface area contributed by atoms with Crippen molar-refractivity contribution < 1.29 is 14.7 Å². The Morgan fingerprint density at radius 2 is 1.94 bits per heavy atom. The number of aliphatic carboxylic acids is 1. The average Bonchev–Trinajstić information content (AvgIpc) is 2.19. The zero-order valence-corrected chi connectivity index (χ0v) is 11.5. The van der Waals surface area contributed by atoms with Crippen LogP contribution in [-0.2, 0) is 9.59 Å². The lowest BCUT2D eigenvalue weighted by Crippen LogP contribution is -2.07. The third kappa shape index (κ3) is 10.4. The van der Waals surface area contributed by atoms with Crippen molar-refractivity contribution in [2.24, 2.45) is 0 Å². The number of hydrogen-bond acceptors (Lipinski definition) is 4. The number of carboxylic acid groups (broad SMARTS) is 1. The second-order valence-electron chi connectivity index (χ2n) is 3.65. The smallest absolute Gasteiger partial charge is 0.303 e. The van der Waals surface area contributed by atoms with Crippen LogP contribution in [0.5, 0.6) is 0 Å². The molecule has 0 spiro atoms. The summed E-state index contributed by atoms with van der Waals surface area (Å²) in [4.78, 5) is 21.4. The minimum absolute atomic E-state index is 0.157. The van der Waals surface area contributed by atoms with Crippen LogP contribution in [0, 0.1) is 0 Å². The number of carbonyl (C=O) groups excluding carboxylic acids is 1. The molecule has 0 radical (unpaired) electrons. The molecule has 0 saturated carbocycles. The lowest BCUT2D eigenvalue weighted by molar-refractivity contribution is -0.137. The van der Waals surface area contributed by atoms with Crippen LogP contribution in [0.1, 0.15) is 39.0 Å². The molecule has 0 fully saturated rings. The second-order valence-corrected chi connectivity index (χ2v) is 6.12. The molecule has 0 aromatic rings. The summed E-state index contributed by atoms with van der Waals surface area (Å²) in [5, 5.41) is 9.02. The zero-order valence-electron chi connectivity index (χ0n) is 9.90. The molecule has 3 nitrogen and oxygen atoms in total. The van der Waals surface area contributed by atoms with Crippen molar-refractivity contribution in [1.29, 1.82) is 0 Å². The van der Waals surface area contributed by atoms with Crippen molar-refractivity contribution in [3.05, 3.63) is 0 Å². The van der Waals surface area contributed by atoms with E-state index in [9.17, 15) is 9.59 Å². The minimum atomic E-state index is -0.736. The Balaban J connectivity index is 3.72. The maximum atomic E-state index is 11.0. The summed E-state index contributed by atoms with van der Waals surface area (Å²) in [7, 11) is 0. The van der Waals surface area contributed by atoms with E-state index in [1.54, 1.807) is 18.7 Å². The van der Waals surface area contributed by atoms with E-state index in [0.717, 1.165) is 25.0 Å². The van der Waals surface area contributed by atoms with Gasteiger partial charge in [0.1, 0.15) is 0 Å². The molecule has 5 heteroatoms. The van der Waals surface area contributed by atoms with Gasteiger partial charge in [-0.1, -0.05) is 18.2 Å². The fourth-order valence-electron chi connectivity index (χ4n) is 1.39. The molecule has 0 saturated heterocycles. The SMILES string of the molecule is CSCCC(CCCCC(=O)O)SC(C)=O. The molecule has 0 bridgehead atoms. The maximum Gasteiger partial charge on any atom is 0.303 e. The molecular weight excluding hydrogens is 244 g/mol. The summed E-state index contributed by atoms with van der Waals surface area (Å²) in [6, 6.07) is 0. The van der Waals surface area contributed by atoms with Crippen LogP contribution >= 0.6 is 23.5 Å². The summed E-state index contributed by atoms with van der Waals surface area (Å²) >= 11 is 3.18. The van der Waals surface area contributed by atoms with Gasteiger partial charge in [-0.05, 0) is 31.3 Å². The summed E-state index contributed by atoms with van der Waals surface area (Å²) in [6.07, 6.45) is 5.87. The van der Waals surface area contributed by atoms with Gasteiger partial charge in [0.25, 0.3) is 0 Å². The van der Waals surface area contributed by atoms with Gasteiger partial charge in [0.15, 0.2) is 5.12 Å². The van der Waals surface area contributed by atoms with Crippen LogP contribution in [0.3, 0.4) is 0 Å². The highest BCUT2D eigenvalue weighted by Crippen LogP contribution is 2.23. The molecular formula is C11H20O3S2. The molecule has 1 unspecified atom stereocenters. The summed E-state index contributed by atoms with van der Waals surface area (Å²) in [6.45, 7) is 1.59. The van der Waals surface area contributed by atoms with Crippen molar-refractivity contribution >= 4 is 34.6 Å². The lowest BCUT2D eigenvalue weighted by atomic mass is 10.1. The number of unbranched alkanes of at least 4 members (excludes halogenated alkanes) is 1. The summed E-state index contributed by atoms with van der Waals surface area (Å²) in [5.41, 5.74) is 0. The van der Waals surface area contributed by atoms with Crippen LogP contribution in [0.15, 0.2) is 0 Å². The molecule has 0 heterocycles. The fraction of sp³-hybridized carbons (Fsp3) is 0.818. The second kappa shape index (κ2) is 10.0. The summed E-state index contributed by atoms with van der Waals surface area (Å²) in [5.74, 6) is 0.323. The highest BCUT2D eigenvalue weighted by atomic mass is 32.2. The molecule has 0 aromatic carbocycles. The van der Waals surface area contributed by atoms with E-state index in [-0.39, 0.29) is 11.5 Å². The van der Waals surface area contributed by atoms with Gasteiger partial charge in [0, 0.05) is 18.6 Å². The number of carboxylic acids is 1. The van der Waals surface area contributed by atoms with Crippen LogP contribution < -0.4 is 0 Å². The minimum Gasteiger partial charge on any atom is -0.481 e. The number of carbonyl (C=O) groups is 2. The number of rotatable bonds is 9. The van der Waals surface area contributed by atoms with Gasteiger partial charge in [-0.15, -0.1) is 0 Å². The Bertz CT molecular complexity index is 219. The predicted octanol–water partition coefficient (Wildman–Crippen LogP) is 3.03. The first-order valence-electron chi connectivity index (χ1n) is 5.44. The van der Waals surface area contributed by atoms with Crippen molar-refractivity contribution in [1.82, 2.24) is 0 Å². The Kier molecular flexibility index (Phi) is 9.92. The average molecular weight is 264 g/mol. The molecule has 0 aliphatic rings. The Morgan fingerprint density at radius 3 is 2.44 bits per heavy atom.